The minimum atomic E-state index is -2.64. The summed E-state index contributed by atoms with van der Waals surface area (Å²) in [4.78, 5) is 21.4. The van der Waals surface area contributed by atoms with Gasteiger partial charge in [0.1, 0.15) is 11.4 Å². The van der Waals surface area contributed by atoms with E-state index in [1.54, 1.807) is 11.9 Å². The Labute approximate surface area is 168 Å². The van der Waals surface area contributed by atoms with Gasteiger partial charge in [0.2, 0.25) is 0 Å². The number of ether oxygens (including phenoxy) is 1. The summed E-state index contributed by atoms with van der Waals surface area (Å²) in [6.07, 6.45) is 2.19. The second kappa shape index (κ2) is 9.33. The Hall–Kier alpha value is -1.66. The molecule has 0 radical (unpaired) electrons. The zero-order valence-electron chi connectivity index (χ0n) is 15.2. The van der Waals surface area contributed by atoms with Crippen LogP contribution in [0, 0.1) is 0 Å². The third-order valence-corrected chi connectivity index (χ3v) is 3.47. The number of nitrogens with zero attached hydrogens (tertiary/aromatic N) is 4. The summed E-state index contributed by atoms with van der Waals surface area (Å²) in [5, 5.41) is 6.06. The molecule has 1 saturated heterocycles. The number of aliphatic imine (C=N–C) groups is 1. The highest BCUT2D eigenvalue weighted by Crippen LogP contribution is 2.15. The van der Waals surface area contributed by atoms with Crippen LogP contribution in [0.2, 0.25) is 0 Å². The van der Waals surface area contributed by atoms with Gasteiger partial charge >= 0.3 is 12.6 Å². The first-order valence-electron chi connectivity index (χ1n) is 7.94. The number of carbonyl (C=O) groups excluding carboxylic acids is 1. The molecule has 148 valence electrons. The molecule has 0 aromatic carbocycles. The molecule has 0 saturated carbocycles. The molecule has 0 unspecified atom stereocenters. The number of hydrogen-bond donors (Lipinski definition) is 2. The minimum absolute atomic E-state index is 0. The number of halogens is 3. The molecule has 2 N–H and O–H groups in total. The Kier molecular flexibility index (Phi) is 8.03. The maximum Gasteiger partial charge on any atom is 0.410 e. The normalized spacial score (nSPS) is 15.3. The summed E-state index contributed by atoms with van der Waals surface area (Å²) in [6.45, 7) is 3.89. The van der Waals surface area contributed by atoms with E-state index in [2.05, 4.69) is 20.6 Å². The number of hydrogen-bond acceptors (Lipinski definition) is 4. The molecule has 1 fully saturated rings. The van der Waals surface area contributed by atoms with Gasteiger partial charge < -0.3 is 20.3 Å². The summed E-state index contributed by atoms with van der Waals surface area (Å²) in [6, 6.07) is 0.0218. The predicted molar refractivity (Wildman–Crippen MR) is 104 cm³/mol. The summed E-state index contributed by atoms with van der Waals surface area (Å²) in [5.74, 6) is 0.666. The third kappa shape index (κ3) is 6.25. The lowest BCUT2D eigenvalue weighted by Crippen LogP contribution is -2.63. The molecule has 0 atom stereocenters. The molecule has 2 heterocycles. The summed E-state index contributed by atoms with van der Waals surface area (Å²) >= 11 is 0. The zero-order chi connectivity index (χ0) is 18.6. The number of imidazole rings is 1. The van der Waals surface area contributed by atoms with Crippen LogP contribution in [-0.2, 0) is 11.3 Å². The average molecular weight is 486 g/mol. The van der Waals surface area contributed by atoms with Gasteiger partial charge in [0.15, 0.2) is 5.96 Å². The van der Waals surface area contributed by atoms with Gasteiger partial charge in [-0.15, -0.1) is 24.0 Å². The van der Waals surface area contributed by atoms with Crippen molar-refractivity contribution in [2.75, 3.05) is 20.1 Å². The van der Waals surface area contributed by atoms with Crippen LogP contribution in [0.15, 0.2) is 17.4 Å². The fourth-order valence-corrected chi connectivity index (χ4v) is 2.25. The molecule has 0 spiro atoms. The number of nitrogens with one attached hydrogen (secondary N) is 2. The fourth-order valence-electron chi connectivity index (χ4n) is 2.25. The van der Waals surface area contributed by atoms with Gasteiger partial charge in [-0.2, -0.15) is 8.78 Å². The number of guanidine groups is 1. The first kappa shape index (κ1) is 22.4. The standard InChI is InChI=1S/C15H24F2N6O2.HI/c1-15(2,3)25-14(24)22-8-10(9-22)21-13(18-4)20-7-11-19-5-6-23(11)12(16)17;/h5-6,10,12H,7-9H2,1-4H3,(H2,18,20,21);1H. The minimum Gasteiger partial charge on any atom is -0.444 e. The average Bonchev–Trinajstić information content (AvgIpc) is 2.92. The van der Waals surface area contributed by atoms with Crippen LogP contribution in [0.5, 0.6) is 0 Å². The van der Waals surface area contributed by atoms with E-state index >= 15 is 0 Å². The van der Waals surface area contributed by atoms with Crippen molar-refractivity contribution < 1.29 is 18.3 Å². The van der Waals surface area contributed by atoms with Crippen molar-refractivity contribution in [1.82, 2.24) is 25.1 Å². The highest BCUT2D eigenvalue weighted by Gasteiger charge is 2.34. The van der Waals surface area contributed by atoms with Crippen LogP contribution in [-0.4, -0.2) is 58.3 Å². The Morgan fingerprint density at radius 2 is 2.12 bits per heavy atom. The maximum atomic E-state index is 12.8. The monoisotopic (exact) mass is 486 g/mol. The van der Waals surface area contributed by atoms with Gasteiger partial charge in [-0.05, 0) is 20.8 Å². The predicted octanol–water partition coefficient (Wildman–Crippen LogP) is 2.18. The molecular formula is C15H25F2IN6O2. The van der Waals surface area contributed by atoms with Crippen LogP contribution in [0.25, 0.3) is 0 Å². The topological polar surface area (TPSA) is 83.8 Å². The smallest absolute Gasteiger partial charge is 0.410 e. The van der Waals surface area contributed by atoms with E-state index in [0.717, 1.165) is 4.57 Å². The van der Waals surface area contributed by atoms with Crippen LogP contribution >= 0.6 is 24.0 Å². The highest BCUT2D eigenvalue weighted by atomic mass is 127. The molecule has 1 aliphatic heterocycles. The van der Waals surface area contributed by atoms with Gasteiger partial charge in [-0.1, -0.05) is 0 Å². The van der Waals surface area contributed by atoms with Crippen LogP contribution in [0.4, 0.5) is 13.6 Å². The Morgan fingerprint density at radius 3 is 2.65 bits per heavy atom. The van der Waals surface area contributed by atoms with E-state index in [9.17, 15) is 13.6 Å². The Bertz CT molecular complexity index is 626. The molecule has 11 heteroatoms. The van der Waals surface area contributed by atoms with E-state index in [0.29, 0.717) is 19.0 Å². The first-order chi connectivity index (χ1) is 11.7. The van der Waals surface area contributed by atoms with Gasteiger partial charge in [-0.25, -0.2) is 9.78 Å². The molecule has 0 bridgehead atoms. The van der Waals surface area contributed by atoms with Crippen molar-refractivity contribution in [3.05, 3.63) is 18.2 Å². The van der Waals surface area contributed by atoms with E-state index in [4.69, 9.17) is 4.74 Å². The summed E-state index contributed by atoms with van der Waals surface area (Å²) in [5.41, 5.74) is -0.528. The SMILES string of the molecule is CN=C(NCc1nccn1C(F)F)NC1CN(C(=O)OC(C)(C)C)C1.I. The number of carbonyl (C=O) groups is 1. The van der Waals surface area contributed by atoms with Crippen molar-refractivity contribution in [1.29, 1.82) is 0 Å². The van der Waals surface area contributed by atoms with E-state index < -0.39 is 12.2 Å². The Morgan fingerprint density at radius 1 is 1.46 bits per heavy atom. The number of aromatic nitrogens is 2. The number of likely N-dealkylation sites (tertiary alicyclic amines) is 1. The van der Waals surface area contributed by atoms with Crippen molar-refractivity contribution in [3.8, 4) is 0 Å². The quantitative estimate of drug-likeness (QED) is 0.388. The maximum absolute atomic E-state index is 12.8. The number of amides is 1. The van der Waals surface area contributed by atoms with Crippen LogP contribution in [0.3, 0.4) is 0 Å². The summed E-state index contributed by atoms with van der Waals surface area (Å²) in [7, 11) is 1.58. The van der Waals surface area contributed by atoms with Crippen LogP contribution in [0.1, 0.15) is 33.1 Å². The molecular weight excluding hydrogens is 461 g/mol. The lowest BCUT2D eigenvalue weighted by Gasteiger charge is -2.40. The molecule has 8 nitrogen and oxygen atoms in total. The first-order valence-corrected chi connectivity index (χ1v) is 7.94. The van der Waals surface area contributed by atoms with Gasteiger partial charge in [0, 0.05) is 32.5 Å². The van der Waals surface area contributed by atoms with Crippen molar-refractivity contribution in [2.24, 2.45) is 4.99 Å². The number of rotatable bonds is 4. The zero-order valence-corrected chi connectivity index (χ0v) is 17.5. The van der Waals surface area contributed by atoms with E-state index in [-0.39, 0.29) is 48.5 Å². The van der Waals surface area contributed by atoms with Crippen LogP contribution < -0.4 is 10.6 Å². The largest absolute Gasteiger partial charge is 0.444 e. The van der Waals surface area contributed by atoms with Gasteiger partial charge in [0.05, 0.1) is 12.6 Å². The molecule has 2 rings (SSSR count). The number of alkyl halides is 2. The van der Waals surface area contributed by atoms with E-state index in [1.807, 2.05) is 20.8 Å². The molecule has 1 amide bonds. The molecule has 1 aromatic heterocycles. The lowest BCUT2D eigenvalue weighted by atomic mass is 10.1. The summed E-state index contributed by atoms with van der Waals surface area (Å²) < 4.78 is 31.6. The van der Waals surface area contributed by atoms with Crippen molar-refractivity contribution >= 4 is 36.0 Å². The fraction of sp³-hybridized carbons (Fsp3) is 0.667. The molecule has 0 aliphatic carbocycles. The molecule has 26 heavy (non-hydrogen) atoms. The lowest BCUT2D eigenvalue weighted by molar-refractivity contribution is 0.00701. The third-order valence-electron chi connectivity index (χ3n) is 3.47. The second-order valence-electron chi connectivity index (χ2n) is 6.68. The van der Waals surface area contributed by atoms with Crippen molar-refractivity contribution in [2.45, 2.75) is 45.5 Å². The molecule has 1 aliphatic rings. The highest BCUT2D eigenvalue weighted by molar-refractivity contribution is 14.0. The second-order valence-corrected chi connectivity index (χ2v) is 6.68. The van der Waals surface area contributed by atoms with Crippen molar-refractivity contribution in [3.63, 3.8) is 0 Å². The molecule has 1 aromatic rings. The van der Waals surface area contributed by atoms with Gasteiger partial charge in [-0.3, -0.25) is 9.56 Å². The Balaban J connectivity index is 0.00000338. The van der Waals surface area contributed by atoms with Gasteiger partial charge in [0.25, 0.3) is 0 Å². The van der Waals surface area contributed by atoms with E-state index in [1.165, 1.54) is 12.4 Å².